The molecule has 21 heavy (non-hydrogen) atoms. The molecule has 1 fully saturated rings. The van der Waals surface area contributed by atoms with E-state index < -0.39 is 0 Å². The Labute approximate surface area is 126 Å². The van der Waals surface area contributed by atoms with Crippen LogP contribution in [0.3, 0.4) is 0 Å². The van der Waals surface area contributed by atoms with Crippen LogP contribution >= 0.6 is 0 Å². The molecule has 1 aromatic carbocycles. The molecule has 2 rings (SSSR count). The Morgan fingerprint density at radius 1 is 1.48 bits per heavy atom. The largest absolute Gasteiger partial charge is 0.370 e. The second-order valence-corrected chi connectivity index (χ2v) is 6.18. The topological polar surface area (TPSA) is 56.1 Å². The average molecular weight is 285 g/mol. The number of anilines is 2. The Bertz CT molecular complexity index is 560. The second kappa shape index (κ2) is 6.62. The maximum Gasteiger partial charge on any atom is 0.226 e. The van der Waals surface area contributed by atoms with Crippen molar-refractivity contribution in [3.05, 3.63) is 23.8 Å². The van der Waals surface area contributed by atoms with Gasteiger partial charge in [-0.25, -0.2) is 0 Å². The molecule has 112 valence electrons. The van der Waals surface area contributed by atoms with E-state index >= 15 is 0 Å². The standard InChI is InChI=1S/C17H23N3O/c1-12(2)17(21)19-15-6-7-16(14(9-15)10-18)20-8-4-5-13(3)11-20/h6-7,9,12-13H,4-5,8,11H2,1-3H3,(H,19,21). The van der Waals surface area contributed by atoms with Gasteiger partial charge in [0.05, 0.1) is 11.3 Å². The Morgan fingerprint density at radius 3 is 2.86 bits per heavy atom. The molecule has 1 atom stereocenters. The lowest BCUT2D eigenvalue weighted by molar-refractivity contribution is -0.118. The minimum absolute atomic E-state index is 0.0294. The fourth-order valence-electron chi connectivity index (χ4n) is 2.67. The van der Waals surface area contributed by atoms with Crippen molar-refractivity contribution in [3.8, 4) is 6.07 Å². The van der Waals surface area contributed by atoms with Crippen molar-refractivity contribution >= 4 is 17.3 Å². The number of nitrogens with zero attached hydrogens (tertiary/aromatic N) is 2. The molecule has 1 heterocycles. The minimum Gasteiger partial charge on any atom is -0.370 e. The summed E-state index contributed by atoms with van der Waals surface area (Å²) in [6.07, 6.45) is 2.42. The van der Waals surface area contributed by atoms with Gasteiger partial charge in [-0.2, -0.15) is 5.26 Å². The number of carbonyl (C=O) groups is 1. The van der Waals surface area contributed by atoms with Crippen LogP contribution < -0.4 is 10.2 Å². The lowest BCUT2D eigenvalue weighted by Gasteiger charge is -2.33. The lowest BCUT2D eigenvalue weighted by atomic mass is 9.99. The van der Waals surface area contributed by atoms with E-state index in [0.29, 0.717) is 17.2 Å². The van der Waals surface area contributed by atoms with Crippen LogP contribution in [-0.2, 0) is 4.79 Å². The number of piperidine rings is 1. The first-order valence-corrected chi connectivity index (χ1v) is 7.61. The third-order valence-corrected chi connectivity index (χ3v) is 3.91. The van der Waals surface area contributed by atoms with Gasteiger partial charge in [0.2, 0.25) is 5.91 Å². The predicted octanol–water partition coefficient (Wildman–Crippen LogP) is 3.39. The summed E-state index contributed by atoms with van der Waals surface area (Å²) in [4.78, 5) is 14.0. The Morgan fingerprint density at radius 2 is 2.24 bits per heavy atom. The fourth-order valence-corrected chi connectivity index (χ4v) is 2.67. The van der Waals surface area contributed by atoms with Gasteiger partial charge in [0, 0.05) is 24.7 Å². The average Bonchev–Trinajstić information content (AvgIpc) is 2.46. The first-order valence-electron chi connectivity index (χ1n) is 7.61. The number of hydrogen-bond donors (Lipinski definition) is 1. The van der Waals surface area contributed by atoms with E-state index in [0.717, 1.165) is 25.2 Å². The van der Waals surface area contributed by atoms with Gasteiger partial charge in [-0.15, -0.1) is 0 Å². The highest BCUT2D eigenvalue weighted by Crippen LogP contribution is 2.28. The summed E-state index contributed by atoms with van der Waals surface area (Å²) in [5.41, 5.74) is 2.30. The highest BCUT2D eigenvalue weighted by molar-refractivity contribution is 5.92. The summed E-state index contributed by atoms with van der Waals surface area (Å²) in [6, 6.07) is 7.87. The zero-order chi connectivity index (χ0) is 15.4. The van der Waals surface area contributed by atoms with E-state index in [-0.39, 0.29) is 11.8 Å². The molecule has 0 radical (unpaired) electrons. The molecule has 1 saturated heterocycles. The zero-order valence-electron chi connectivity index (χ0n) is 13.0. The van der Waals surface area contributed by atoms with Crippen LogP contribution in [-0.4, -0.2) is 19.0 Å². The van der Waals surface area contributed by atoms with Gasteiger partial charge in [-0.05, 0) is 37.0 Å². The number of nitriles is 1. The van der Waals surface area contributed by atoms with E-state index in [1.54, 1.807) is 6.07 Å². The van der Waals surface area contributed by atoms with Crippen LogP contribution in [0.15, 0.2) is 18.2 Å². The lowest BCUT2D eigenvalue weighted by Crippen LogP contribution is -2.34. The van der Waals surface area contributed by atoms with Crippen LogP contribution in [0.5, 0.6) is 0 Å². The van der Waals surface area contributed by atoms with Crippen molar-refractivity contribution in [1.29, 1.82) is 5.26 Å². The van der Waals surface area contributed by atoms with Crippen molar-refractivity contribution in [2.24, 2.45) is 11.8 Å². The third-order valence-electron chi connectivity index (χ3n) is 3.91. The van der Waals surface area contributed by atoms with Gasteiger partial charge in [-0.3, -0.25) is 4.79 Å². The van der Waals surface area contributed by atoms with E-state index in [1.165, 1.54) is 6.42 Å². The third kappa shape index (κ3) is 3.75. The molecule has 0 aromatic heterocycles. The van der Waals surface area contributed by atoms with Gasteiger partial charge in [-0.1, -0.05) is 20.8 Å². The summed E-state index contributed by atoms with van der Waals surface area (Å²) < 4.78 is 0. The van der Waals surface area contributed by atoms with Gasteiger partial charge >= 0.3 is 0 Å². The van der Waals surface area contributed by atoms with Crippen molar-refractivity contribution in [3.63, 3.8) is 0 Å². The predicted molar refractivity (Wildman–Crippen MR) is 85.2 cm³/mol. The summed E-state index contributed by atoms with van der Waals surface area (Å²) in [6.45, 7) is 7.94. The molecule has 1 aliphatic rings. The molecular weight excluding hydrogens is 262 g/mol. The molecule has 1 N–H and O–H groups in total. The molecule has 0 spiro atoms. The summed E-state index contributed by atoms with van der Waals surface area (Å²) >= 11 is 0. The van der Waals surface area contributed by atoms with Gasteiger partial charge < -0.3 is 10.2 Å². The molecule has 1 aliphatic heterocycles. The summed E-state index contributed by atoms with van der Waals surface area (Å²) in [5.74, 6) is 0.557. The molecule has 0 aliphatic carbocycles. The van der Waals surface area contributed by atoms with Crippen molar-refractivity contribution < 1.29 is 4.79 Å². The first-order chi connectivity index (χ1) is 10.0. The van der Waals surface area contributed by atoms with Crippen molar-refractivity contribution in [1.82, 2.24) is 0 Å². The Hall–Kier alpha value is -2.02. The molecule has 0 saturated carbocycles. The number of carbonyl (C=O) groups excluding carboxylic acids is 1. The molecule has 1 unspecified atom stereocenters. The highest BCUT2D eigenvalue weighted by Gasteiger charge is 2.19. The van der Waals surface area contributed by atoms with Gasteiger partial charge in [0.25, 0.3) is 0 Å². The molecule has 4 heteroatoms. The zero-order valence-corrected chi connectivity index (χ0v) is 13.0. The summed E-state index contributed by atoms with van der Waals surface area (Å²) in [7, 11) is 0. The molecular formula is C17H23N3O. The minimum atomic E-state index is -0.0712. The highest BCUT2D eigenvalue weighted by atomic mass is 16.1. The van der Waals surface area contributed by atoms with Crippen molar-refractivity contribution in [2.75, 3.05) is 23.3 Å². The SMILES string of the molecule is CC1CCCN(c2ccc(NC(=O)C(C)C)cc2C#N)C1. The van der Waals surface area contributed by atoms with Crippen LogP contribution in [0.1, 0.15) is 39.2 Å². The van der Waals surface area contributed by atoms with Gasteiger partial charge in [0.15, 0.2) is 0 Å². The number of amides is 1. The quantitative estimate of drug-likeness (QED) is 0.926. The molecule has 4 nitrogen and oxygen atoms in total. The van der Waals surface area contributed by atoms with Crippen LogP contribution in [0, 0.1) is 23.2 Å². The number of benzene rings is 1. The summed E-state index contributed by atoms with van der Waals surface area (Å²) in [5, 5.41) is 12.2. The molecule has 0 bridgehead atoms. The van der Waals surface area contributed by atoms with Crippen LogP contribution in [0.4, 0.5) is 11.4 Å². The smallest absolute Gasteiger partial charge is 0.226 e. The Kier molecular flexibility index (Phi) is 4.85. The maximum absolute atomic E-state index is 11.7. The second-order valence-electron chi connectivity index (χ2n) is 6.18. The number of hydrogen-bond acceptors (Lipinski definition) is 3. The van der Waals surface area contributed by atoms with E-state index in [4.69, 9.17) is 0 Å². The monoisotopic (exact) mass is 285 g/mol. The number of rotatable bonds is 3. The normalized spacial score (nSPS) is 18.4. The molecule has 1 amide bonds. The van der Waals surface area contributed by atoms with E-state index in [9.17, 15) is 10.1 Å². The first kappa shape index (κ1) is 15.4. The Balaban J connectivity index is 2.20. The molecule has 1 aromatic rings. The van der Waals surface area contributed by atoms with E-state index in [1.807, 2.05) is 26.0 Å². The maximum atomic E-state index is 11.7. The fraction of sp³-hybridized carbons (Fsp3) is 0.529. The van der Waals surface area contributed by atoms with E-state index in [2.05, 4.69) is 23.2 Å². The van der Waals surface area contributed by atoms with Gasteiger partial charge in [0.1, 0.15) is 6.07 Å². The van der Waals surface area contributed by atoms with Crippen LogP contribution in [0.25, 0.3) is 0 Å². The van der Waals surface area contributed by atoms with Crippen molar-refractivity contribution in [2.45, 2.75) is 33.6 Å². The number of nitrogens with one attached hydrogen (secondary N) is 1. The van der Waals surface area contributed by atoms with Crippen LogP contribution in [0.2, 0.25) is 0 Å².